The van der Waals surface area contributed by atoms with Crippen LogP contribution in [0.3, 0.4) is 0 Å². The molecule has 66 heavy (non-hydrogen) atoms. The molecule has 0 fully saturated rings. The highest BCUT2D eigenvalue weighted by atomic mass is 15.2. The monoisotopic (exact) mass is 842 g/mol. The van der Waals surface area contributed by atoms with Crippen LogP contribution in [-0.2, 0) is 10.8 Å². The van der Waals surface area contributed by atoms with Crippen LogP contribution in [0.25, 0.3) is 44.5 Å². The summed E-state index contributed by atoms with van der Waals surface area (Å²) in [5, 5.41) is 0. The third-order valence-corrected chi connectivity index (χ3v) is 14.7. The molecule has 2 heteroatoms. The zero-order valence-electron chi connectivity index (χ0n) is 37.0. The van der Waals surface area contributed by atoms with Crippen molar-refractivity contribution in [1.82, 2.24) is 0 Å². The minimum atomic E-state index is -0.542. The smallest absolute Gasteiger partial charge is 0.0755 e. The van der Waals surface area contributed by atoms with E-state index in [1.807, 2.05) is 0 Å². The second-order valence-corrected chi connectivity index (χ2v) is 18.4. The summed E-state index contributed by atoms with van der Waals surface area (Å²) in [6, 6.07) is 89.8. The number of nitrogens with zero attached hydrogens (tertiary/aromatic N) is 2. The van der Waals surface area contributed by atoms with Gasteiger partial charge in [0.1, 0.15) is 0 Å². The number of hydrogen-bond donors (Lipinski definition) is 0. The number of rotatable bonds is 6. The first kappa shape index (κ1) is 38.3. The van der Waals surface area contributed by atoms with Crippen LogP contribution in [0.2, 0.25) is 0 Å². The molecule has 3 aliphatic rings. The van der Waals surface area contributed by atoms with E-state index in [1.165, 1.54) is 89.3 Å². The van der Waals surface area contributed by atoms with Gasteiger partial charge in [-0.25, -0.2) is 0 Å². The average Bonchev–Trinajstić information content (AvgIpc) is 3.81. The lowest BCUT2D eigenvalue weighted by molar-refractivity contribution is 0.660. The summed E-state index contributed by atoms with van der Waals surface area (Å²) in [5.74, 6) is 0. The molecule has 13 rings (SSSR count). The Labute approximate surface area is 387 Å². The Bertz CT molecular complexity index is 3450. The molecule has 0 saturated carbocycles. The van der Waals surface area contributed by atoms with Crippen molar-refractivity contribution in [1.29, 1.82) is 0 Å². The Kier molecular flexibility index (Phi) is 8.51. The molecule has 0 bridgehead atoms. The van der Waals surface area contributed by atoms with Crippen molar-refractivity contribution in [2.45, 2.75) is 24.7 Å². The fourth-order valence-corrected chi connectivity index (χ4v) is 11.7. The zero-order chi connectivity index (χ0) is 44.0. The molecule has 0 aromatic heterocycles. The van der Waals surface area contributed by atoms with Crippen molar-refractivity contribution >= 4 is 34.1 Å². The Hall–Kier alpha value is -8.20. The lowest BCUT2D eigenvalue weighted by atomic mass is 9.64. The van der Waals surface area contributed by atoms with E-state index < -0.39 is 5.41 Å². The summed E-state index contributed by atoms with van der Waals surface area (Å²) in [6.07, 6.45) is 0. The third-order valence-electron chi connectivity index (χ3n) is 14.7. The Morgan fingerprint density at radius 1 is 0.333 bits per heavy atom. The SMILES string of the molecule is CC1(C)c2ccccc2-c2ccc(-c3ccc(-c4ccc(N(c5ccccc5)c5cccc6c5-c5ccccc5C65c6ccccc6N(c6ccccc6)c6ccccc65)cc4)cc3)cc21. The predicted molar refractivity (Wildman–Crippen MR) is 275 cm³/mol. The van der Waals surface area contributed by atoms with Gasteiger partial charge in [0.15, 0.2) is 0 Å². The number of anilines is 6. The van der Waals surface area contributed by atoms with Crippen molar-refractivity contribution in [2.24, 2.45) is 0 Å². The highest BCUT2D eigenvalue weighted by Crippen LogP contribution is 2.65. The molecule has 1 heterocycles. The summed E-state index contributed by atoms with van der Waals surface area (Å²) < 4.78 is 0. The van der Waals surface area contributed by atoms with Gasteiger partial charge in [-0.15, -0.1) is 0 Å². The van der Waals surface area contributed by atoms with Gasteiger partial charge >= 0.3 is 0 Å². The maximum atomic E-state index is 2.45. The highest BCUT2D eigenvalue weighted by Gasteiger charge is 2.52. The normalized spacial score (nSPS) is 14.1. The lowest BCUT2D eigenvalue weighted by Gasteiger charge is -2.45. The van der Waals surface area contributed by atoms with Crippen LogP contribution in [0.4, 0.5) is 34.1 Å². The number of para-hydroxylation sites is 4. The van der Waals surface area contributed by atoms with Gasteiger partial charge in [0, 0.05) is 28.0 Å². The number of benzene rings is 10. The summed E-state index contributed by atoms with van der Waals surface area (Å²) in [6.45, 7) is 4.70. The van der Waals surface area contributed by atoms with E-state index in [4.69, 9.17) is 0 Å². The van der Waals surface area contributed by atoms with Crippen molar-refractivity contribution < 1.29 is 0 Å². The molecular weight excluding hydrogens is 797 g/mol. The first-order valence-corrected chi connectivity index (χ1v) is 23.1. The molecule has 0 N–H and O–H groups in total. The van der Waals surface area contributed by atoms with E-state index >= 15 is 0 Å². The van der Waals surface area contributed by atoms with Crippen LogP contribution in [0, 0.1) is 0 Å². The number of hydrogen-bond acceptors (Lipinski definition) is 2. The quantitative estimate of drug-likeness (QED) is 0.165. The summed E-state index contributed by atoms with van der Waals surface area (Å²) in [5.41, 5.74) is 24.4. The highest BCUT2D eigenvalue weighted by molar-refractivity contribution is 6.01. The first-order chi connectivity index (χ1) is 32.5. The molecule has 1 spiro atoms. The van der Waals surface area contributed by atoms with Gasteiger partial charge in [-0.1, -0.05) is 196 Å². The van der Waals surface area contributed by atoms with E-state index in [0.29, 0.717) is 0 Å². The second kappa shape index (κ2) is 14.7. The summed E-state index contributed by atoms with van der Waals surface area (Å²) >= 11 is 0. The largest absolute Gasteiger partial charge is 0.310 e. The van der Waals surface area contributed by atoms with Crippen LogP contribution in [0.1, 0.15) is 47.2 Å². The van der Waals surface area contributed by atoms with Gasteiger partial charge < -0.3 is 9.80 Å². The Morgan fingerprint density at radius 3 is 1.47 bits per heavy atom. The lowest BCUT2D eigenvalue weighted by Crippen LogP contribution is -2.36. The van der Waals surface area contributed by atoms with E-state index in [-0.39, 0.29) is 5.41 Å². The van der Waals surface area contributed by atoms with Gasteiger partial charge in [0.2, 0.25) is 0 Å². The van der Waals surface area contributed by atoms with Gasteiger partial charge in [0.25, 0.3) is 0 Å². The van der Waals surface area contributed by atoms with E-state index in [0.717, 1.165) is 22.7 Å². The van der Waals surface area contributed by atoms with Gasteiger partial charge in [-0.3, -0.25) is 0 Å². The summed E-state index contributed by atoms with van der Waals surface area (Å²) in [4.78, 5) is 4.89. The maximum Gasteiger partial charge on any atom is 0.0755 e. The van der Waals surface area contributed by atoms with Crippen molar-refractivity contribution in [3.63, 3.8) is 0 Å². The first-order valence-electron chi connectivity index (χ1n) is 23.1. The van der Waals surface area contributed by atoms with E-state index in [9.17, 15) is 0 Å². The molecule has 10 aromatic rings. The fourth-order valence-electron chi connectivity index (χ4n) is 11.7. The fraction of sp³-hybridized carbons (Fsp3) is 0.0625. The predicted octanol–water partition coefficient (Wildman–Crippen LogP) is 16.9. The molecule has 312 valence electrons. The van der Waals surface area contributed by atoms with Gasteiger partial charge in [-0.05, 0) is 133 Å². The molecule has 2 nitrogen and oxygen atoms in total. The minimum Gasteiger partial charge on any atom is -0.310 e. The minimum absolute atomic E-state index is 0.0287. The van der Waals surface area contributed by atoms with Crippen molar-refractivity contribution in [3.05, 3.63) is 276 Å². The van der Waals surface area contributed by atoms with E-state index in [2.05, 4.69) is 266 Å². The molecule has 1 aliphatic heterocycles. The molecule has 0 atom stereocenters. The van der Waals surface area contributed by atoms with Gasteiger partial charge in [0.05, 0.1) is 22.5 Å². The molecule has 10 aromatic carbocycles. The van der Waals surface area contributed by atoms with Crippen LogP contribution in [-0.4, -0.2) is 0 Å². The maximum absolute atomic E-state index is 2.45. The molecule has 2 aliphatic carbocycles. The average molecular weight is 843 g/mol. The molecule has 0 unspecified atom stereocenters. The third kappa shape index (κ3) is 5.48. The molecule has 0 radical (unpaired) electrons. The Morgan fingerprint density at radius 2 is 0.803 bits per heavy atom. The molecule has 0 amide bonds. The Balaban J connectivity index is 0.917. The molecule has 0 saturated heterocycles. The standard InChI is InChI=1S/C64H46N2/c1-63(2)53-24-11-9-22-50(53)51-41-38-46(42-58(51)63)45-34-32-43(33-35-45)44-36-39-49(40-37-44)65(47-18-5-3-6-19-47)61-31-17-28-57-62(61)52-23-10-12-25-54(52)64(57)55-26-13-15-29-59(55)66(48-20-7-4-8-21-48)60-30-16-14-27-56(60)64/h3-42H,1-2H3. The second-order valence-electron chi connectivity index (χ2n) is 18.4. The van der Waals surface area contributed by atoms with E-state index in [1.54, 1.807) is 0 Å². The van der Waals surface area contributed by atoms with Gasteiger partial charge in [-0.2, -0.15) is 0 Å². The summed E-state index contributed by atoms with van der Waals surface area (Å²) in [7, 11) is 0. The van der Waals surface area contributed by atoms with Crippen LogP contribution in [0.5, 0.6) is 0 Å². The van der Waals surface area contributed by atoms with Crippen LogP contribution >= 0.6 is 0 Å². The van der Waals surface area contributed by atoms with Crippen LogP contribution in [0.15, 0.2) is 243 Å². The zero-order valence-corrected chi connectivity index (χ0v) is 37.0. The van der Waals surface area contributed by atoms with Crippen molar-refractivity contribution in [3.8, 4) is 44.5 Å². The topological polar surface area (TPSA) is 6.48 Å². The van der Waals surface area contributed by atoms with Crippen molar-refractivity contribution in [2.75, 3.05) is 9.80 Å². The molecular formula is C64H46N2. The van der Waals surface area contributed by atoms with Crippen LogP contribution < -0.4 is 9.80 Å². The number of fused-ring (bicyclic) bond motifs is 12.